The predicted octanol–water partition coefficient (Wildman–Crippen LogP) is 19.0. The quantitative estimate of drug-likeness (QED) is 0.0357. The highest BCUT2D eigenvalue weighted by Crippen LogP contribution is 2.38. The fourth-order valence-electron chi connectivity index (χ4n) is 10.1. The van der Waals surface area contributed by atoms with Crippen molar-refractivity contribution < 1.29 is 32.9 Å². The fourth-order valence-corrected chi connectivity index (χ4v) is 10.8. The van der Waals surface area contributed by atoms with Crippen LogP contribution in [0.4, 0.5) is 0 Å². The molecule has 0 fully saturated rings. The summed E-state index contributed by atoms with van der Waals surface area (Å²) in [6.07, 6.45) is 65.8. The van der Waals surface area contributed by atoms with E-state index in [0.29, 0.717) is 23.9 Å². The van der Waals surface area contributed by atoms with Crippen LogP contribution in [-0.4, -0.2) is 68.5 Å². The number of carbonyl (C=O) groups excluding carboxylic acids is 1. The van der Waals surface area contributed by atoms with E-state index in [4.69, 9.17) is 9.05 Å². The smallest absolute Gasteiger partial charge is 0.268 e. The molecule has 0 aliphatic rings. The van der Waals surface area contributed by atoms with E-state index >= 15 is 0 Å². The molecule has 0 heterocycles. The molecule has 0 aliphatic carbocycles. The van der Waals surface area contributed by atoms with Crippen LogP contribution < -0.4 is 10.2 Å². The maximum absolute atomic E-state index is 13.0. The number of aliphatic hydroxyl groups excluding tert-OH is 1. The zero-order chi connectivity index (χ0) is 52.0. The molecular weight excluding hydrogens is 900 g/mol. The summed E-state index contributed by atoms with van der Waals surface area (Å²) in [4.78, 5) is 25.6. The lowest BCUT2D eigenvalue weighted by molar-refractivity contribution is -0.870. The molecule has 0 aromatic heterocycles. The first-order chi connectivity index (χ1) is 34.5. The van der Waals surface area contributed by atoms with Gasteiger partial charge < -0.3 is 28.8 Å². The molecule has 1 amide bonds. The zero-order valence-corrected chi connectivity index (χ0v) is 49.6. The van der Waals surface area contributed by atoms with Crippen molar-refractivity contribution in [1.29, 1.82) is 0 Å². The van der Waals surface area contributed by atoms with E-state index in [1.807, 2.05) is 21.1 Å². The molecule has 0 radical (unpaired) electrons. The summed E-state index contributed by atoms with van der Waals surface area (Å²) in [5, 5.41) is 14.1. The highest BCUT2D eigenvalue weighted by atomic mass is 31.2. The molecule has 0 spiro atoms. The molecule has 0 rings (SSSR count). The van der Waals surface area contributed by atoms with Crippen LogP contribution >= 0.6 is 7.82 Å². The number of unbranched alkanes of at least 4 members (excludes halogenated alkanes) is 47. The van der Waals surface area contributed by atoms with Crippen LogP contribution in [-0.2, 0) is 18.4 Å². The van der Waals surface area contributed by atoms with Gasteiger partial charge in [0, 0.05) is 6.42 Å². The summed E-state index contributed by atoms with van der Waals surface area (Å²) in [6, 6.07) is -0.796. The van der Waals surface area contributed by atoms with E-state index in [9.17, 15) is 19.4 Å². The van der Waals surface area contributed by atoms with Crippen molar-refractivity contribution in [3.63, 3.8) is 0 Å². The van der Waals surface area contributed by atoms with Crippen LogP contribution in [0, 0.1) is 0 Å². The summed E-state index contributed by atoms with van der Waals surface area (Å²) < 4.78 is 23.5. The van der Waals surface area contributed by atoms with E-state index in [1.165, 1.54) is 276 Å². The number of nitrogens with zero attached hydrogens (tertiary/aromatic N) is 1. The summed E-state index contributed by atoms with van der Waals surface area (Å²) in [6.45, 7) is 4.79. The van der Waals surface area contributed by atoms with Gasteiger partial charge in [-0.1, -0.05) is 322 Å². The Morgan fingerprint density at radius 2 is 0.690 bits per heavy atom. The number of rotatable bonds is 60. The molecule has 0 bridgehead atoms. The fraction of sp³-hybridized carbons (Fsp3) is 0.984. The Kier molecular flexibility index (Phi) is 53.9. The third-order valence-corrected chi connectivity index (χ3v) is 16.1. The molecule has 0 saturated heterocycles. The van der Waals surface area contributed by atoms with Crippen LogP contribution in [0.2, 0.25) is 0 Å². The molecule has 3 unspecified atom stereocenters. The van der Waals surface area contributed by atoms with Gasteiger partial charge >= 0.3 is 0 Å². The van der Waals surface area contributed by atoms with E-state index in [0.717, 1.165) is 38.5 Å². The first-order valence-electron chi connectivity index (χ1n) is 31.9. The zero-order valence-electron chi connectivity index (χ0n) is 48.7. The van der Waals surface area contributed by atoms with E-state index in [1.54, 1.807) is 0 Å². The van der Waals surface area contributed by atoms with Gasteiger partial charge in [0.25, 0.3) is 7.82 Å². The number of quaternary nitrogens is 1. The molecule has 0 aromatic carbocycles. The highest BCUT2D eigenvalue weighted by Gasteiger charge is 2.24. The largest absolute Gasteiger partial charge is 0.756 e. The first kappa shape index (κ1) is 70.5. The highest BCUT2D eigenvalue weighted by molar-refractivity contribution is 7.45. The van der Waals surface area contributed by atoms with Crippen molar-refractivity contribution in [1.82, 2.24) is 5.32 Å². The number of likely N-dealkylation sites (N-methyl/N-ethyl adjacent to an activating group) is 1. The molecule has 9 heteroatoms. The van der Waals surface area contributed by atoms with E-state index in [-0.39, 0.29) is 19.1 Å². The number of nitrogens with one attached hydrogen (secondary N) is 1. The average molecular weight is 1030 g/mol. The van der Waals surface area contributed by atoms with Crippen LogP contribution in [0.15, 0.2) is 0 Å². The maximum atomic E-state index is 13.0. The Bertz CT molecular complexity index is 1120. The van der Waals surface area contributed by atoms with Crippen molar-refractivity contribution in [2.45, 2.75) is 353 Å². The van der Waals surface area contributed by atoms with Crippen LogP contribution in [0.1, 0.15) is 341 Å². The number of hydrogen-bond donors (Lipinski definition) is 2. The number of phosphoric ester groups is 1. The lowest BCUT2D eigenvalue weighted by Crippen LogP contribution is -2.46. The van der Waals surface area contributed by atoms with E-state index < -0.39 is 20.0 Å². The second kappa shape index (κ2) is 54.3. The van der Waals surface area contributed by atoms with Gasteiger partial charge in [-0.05, 0) is 12.8 Å². The number of carbonyl (C=O) groups is 1. The summed E-state index contributed by atoms with van der Waals surface area (Å²) in [5.74, 6) is -0.155. The van der Waals surface area contributed by atoms with Crippen LogP contribution in [0.3, 0.4) is 0 Å². The molecular formula is C62H127N2O6P. The van der Waals surface area contributed by atoms with Gasteiger partial charge in [-0.3, -0.25) is 9.36 Å². The second-order valence-corrected chi connectivity index (χ2v) is 24.9. The van der Waals surface area contributed by atoms with Gasteiger partial charge in [0.1, 0.15) is 13.2 Å². The Morgan fingerprint density at radius 3 is 0.958 bits per heavy atom. The molecule has 0 aliphatic heterocycles. The van der Waals surface area contributed by atoms with Crippen LogP contribution in [0.5, 0.6) is 0 Å². The summed E-state index contributed by atoms with van der Waals surface area (Å²) >= 11 is 0. The minimum atomic E-state index is -4.57. The van der Waals surface area contributed by atoms with Crippen molar-refractivity contribution in [2.24, 2.45) is 0 Å². The average Bonchev–Trinajstić information content (AvgIpc) is 3.33. The maximum Gasteiger partial charge on any atom is 0.268 e. The Labute approximate surface area is 444 Å². The Morgan fingerprint density at radius 1 is 0.437 bits per heavy atom. The number of hydrogen-bond acceptors (Lipinski definition) is 6. The third kappa shape index (κ3) is 57.1. The molecule has 2 N–H and O–H groups in total. The van der Waals surface area contributed by atoms with Crippen molar-refractivity contribution >= 4 is 13.7 Å². The van der Waals surface area contributed by atoms with Gasteiger partial charge in [-0.25, -0.2) is 0 Å². The minimum Gasteiger partial charge on any atom is -0.756 e. The molecule has 71 heavy (non-hydrogen) atoms. The number of phosphoric acid groups is 1. The SMILES string of the molecule is CCCCCCCCCCCCCCCCCCCCCCCCCCCCCCCC(O)C(COP(=O)([O-])OCC[N+](C)(C)C)NC(=O)CCCCCCCCCCCCCCCCCCCCCC. The molecule has 426 valence electrons. The van der Waals surface area contributed by atoms with Crippen LogP contribution in [0.25, 0.3) is 0 Å². The standard InChI is InChI=1S/C62H127N2O6P/c1-6-8-10-12-14-16-18-20-22-24-26-28-29-30-31-32-33-34-35-36-37-39-41-43-45-47-49-51-53-55-61(65)60(59-70-71(67,68)69-58-57-64(3,4)5)63-62(66)56-54-52-50-48-46-44-42-40-38-27-25-23-21-19-17-15-13-11-9-7-2/h60-61,65H,6-59H2,1-5H3,(H-,63,66,67,68). The van der Waals surface area contributed by atoms with Gasteiger partial charge in [-0.15, -0.1) is 0 Å². The van der Waals surface area contributed by atoms with Crippen molar-refractivity contribution in [3.05, 3.63) is 0 Å². The van der Waals surface area contributed by atoms with Crippen molar-refractivity contribution in [2.75, 3.05) is 40.9 Å². The lowest BCUT2D eigenvalue weighted by atomic mass is 10.0. The van der Waals surface area contributed by atoms with Crippen molar-refractivity contribution in [3.8, 4) is 0 Å². The van der Waals surface area contributed by atoms with Gasteiger partial charge in [0.2, 0.25) is 5.91 Å². The Balaban J connectivity index is 4.03. The van der Waals surface area contributed by atoms with Gasteiger partial charge in [0.15, 0.2) is 0 Å². The summed E-state index contributed by atoms with van der Waals surface area (Å²) in [7, 11) is 1.33. The monoisotopic (exact) mass is 1030 g/mol. The van der Waals surface area contributed by atoms with Gasteiger partial charge in [-0.2, -0.15) is 0 Å². The lowest BCUT2D eigenvalue weighted by Gasteiger charge is -2.30. The first-order valence-corrected chi connectivity index (χ1v) is 33.3. The minimum absolute atomic E-state index is 0.0168. The molecule has 0 aromatic rings. The molecule has 3 atom stereocenters. The molecule has 8 nitrogen and oxygen atoms in total. The van der Waals surface area contributed by atoms with E-state index in [2.05, 4.69) is 19.2 Å². The Hall–Kier alpha value is -0.500. The third-order valence-electron chi connectivity index (χ3n) is 15.1. The number of aliphatic hydroxyl groups is 1. The summed E-state index contributed by atoms with van der Waals surface area (Å²) in [5.41, 5.74) is 0. The normalized spacial score (nSPS) is 13.7. The topological polar surface area (TPSA) is 108 Å². The van der Waals surface area contributed by atoms with Gasteiger partial charge in [0.05, 0.1) is 39.9 Å². The number of amides is 1. The molecule has 0 saturated carbocycles. The predicted molar refractivity (Wildman–Crippen MR) is 307 cm³/mol. The second-order valence-electron chi connectivity index (χ2n) is 23.5.